The number of rotatable bonds is 3. The second-order valence-corrected chi connectivity index (χ2v) is 5.04. The SMILES string of the molecule is CNC(c1cccc(I)c1)c1ccccc1F. The topological polar surface area (TPSA) is 12.0 Å². The van der Waals surface area contributed by atoms with Crippen molar-refractivity contribution >= 4 is 22.6 Å². The minimum Gasteiger partial charge on any atom is -0.309 e. The smallest absolute Gasteiger partial charge is 0.128 e. The lowest BCUT2D eigenvalue weighted by molar-refractivity contribution is 0.576. The first-order valence-corrected chi connectivity index (χ1v) is 6.47. The molecule has 0 heterocycles. The van der Waals surface area contributed by atoms with E-state index in [-0.39, 0.29) is 11.9 Å². The molecule has 1 atom stereocenters. The maximum Gasteiger partial charge on any atom is 0.128 e. The molecule has 0 aromatic heterocycles. The van der Waals surface area contributed by atoms with Crippen LogP contribution in [-0.2, 0) is 0 Å². The molecule has 0 amide bonds. The standard InChI is InChI=1S/C14H13FIN/c1-17-14(10-5-4-6-11(16)9-10)12-7-2-3-8-13(12)15/h2-9,14,17H,1H3. The molecule has 0 saturated carbocycles. The van der Waals surface area contributed by atoms with Crippen LogP contribution in [0, 0.1) is 9.39 Å². The fourth-order valence-corrected chi connectivity index (χ4v) is 2.46. The van der Waals surface area contributed by atoms with E-state index in [9.17, 15) is 4.39 Å². The Hall–Kier alpha value is -0.940. The molecule has 0 spiro atoms. The molecule has 1 nitrogen and oxygen atoms in total. The summed E-state index contributed by atoms with van der Waals surface area (Å²) in [6.07, 6.45) is 0. The second-order valence-electron chi connectivity index (χ2n) is 3.80. The predicted molar refractivity (Wildman–Crippen MR) is 76.5 cm³/mol. The summed E-state index contributed by atoms with van der Waals surface area (Å²) in [5.74, 6) is -0.175. The Kier molecular flexibility index (Phi) is 4.12. The summed E-state index contributed by atoms with van der Waals surface area (Å²) in [5, 5.41) is 3.16. The van der Waals surface area contributed by atoms with Crippen LogP contribution in [-0.4, -0.2) is 7.05 Å². The molecule has 0 bridgehead atoms. The molecule has 3 heteroatoms. The highest BCUT2D eigenvalue weighted by molar-refractivity contribution is 14.1. The minimum atomic E-state index is -0.175. The maximum absolute atomic E-state index is 13.8. The third-order valence-corrected chi connectivity index (χ3v) is 3.36. The zero-order chi connectivity index (χ0) is 12.3. The van der Waals surface area contributed by atoms with Gasteiger partial charge in [-0.25, -0.2) is 4.39 Å². The van der Waals surface area contributed by atoms with Crippen molar-refractivity contribution in [2.45, 2.75) is 6.04 Å². The zero-order valence-corrected chi connectivity index (χ0v) is 11.6. The molecule has 0 saturated heterocycles. The molecular weight excluding hydrogens is 328 g/mol. The Morgan fingerprint density at radius 1 is 1.12 bits per heavy atom. The molecular formula is C14H13FIN. The molecule has 0 radical (unpaired) electrons. The van der Waals surface area contributed by atoms with E-state index in [1.165, 1.54) is 6.07 Å². The summed E-state index contributed by atoms with van der Waals surface area (Å²) >= 11 is 2.26. The lowest BCUT2D eigenvalue weighted by Crippen LogP contribution is -2.18. The van der Waals surface area contributed by atoms with Crippen LogP contribution in [0.25, 0.3) is 0 Å². The first-order valence-electron chi connectivity index (χ1n) is 5.39. The van der Waals surface area contributed by atoms with Crippen LogP contribution in [0.3, 0.4) is 0 Å². The molecule has 1 N–H and O–H groups in total. The summed E-state index contributed by atoms with van der Waals surface area (Å²) in [6.45, 7) is 0. The fourth-order valence-electron chi connectivity index (χ4n) is 1.90. The van der Waals surface area contributed by atoms with E-state index in [1.54, 1.807) is 6.07 Å². The summed E-state index contributed by atoms with van der Waals surface area (Å²) in [4.78, 5) is 0. The number of halogens is 2. The predicted octanol–water partition coefficient (Wildman–Crippen LogP) is 3.74. The van der Waals surface area contributed by atoms with E-state index in [1.807, 2.05) is 37.4 Å². The molecule has 0 aliphatic rings. The summed E-state index contributed by atoms with van der Waals surface area (Å²) in [5.41, 5.74) is 1.75. The fraction of sp³-hybridized carbons (Fsp3) is 0.143. The summed E-state index contributed by atoms with van der Waals surface area (Å²) in [7, 11) is 1.84. The Balaban J connectivity index is 2.44. The van der Waals surface area contributed by atoms with Gasteiger partial charge >= 0.3 is 0 Å². The maximum atomic E-state index is 13.8. The molecule has 2 aromatic carbocycles. The van der Waals surface area contributed by atoms with Crippen molar-refractivity contribution in [1.82, 2.24) is 5.32 Å². The molecule has 0 aliphatic heterocycles. The van der Waals surface area contributed by atoms with Gasteiger partial charge in [0.05, 0.1) is 6.04 Å². The van der Waals surface area contributed by atoms with Gasteiger partial charge in [-0.2, -0.15) is 0 Å². The average Bonchev–Trinajstić information content (AvgIpc) is 2.33. The van der Waals surface area contributed by atoms with Gasteiger partial charge in [-0.1, -0.05) is 30.3 Å². The van der Waals surface area contributed by atoms with Gasteiger partial charge in [0.2, 0.25) is 0 Å². The van der Waals surface area contributed by atoms with E-state index in [0.717, 1.165) is 9.13 Å². The molecule has 17 heavy (non-hydrogen) atoms. The van der Waals surface area contributed by atoms with Gasteiger partial charge in [-0.3, -0.25) is 0 Å². The van der Waals surface area contributed by atoms with Crippen molar-refractivity contribution in [3.63, 3.8) is 0 Å². The molecule has 0 aliphatic carbocycles. The lowest BCUT2D eigenvalue weighted by Gasteiger charge is -2.18. The lowest BCUT2D eigenvalue weighted by atomic mass is 9.98. The first kappa shape index (κ1) is 12.5. The van der Waals surface area contributed by atoms with Crippen LogP contribution in [0.15, 0.2) is 48.5 Å². The van der Waals surface area contributed by atoms with Gasteiger partial charge in [0.25, 0.3) is 0 Å². The van der Waals surface area contributed by atoms with Gasteiger partial charge < -0.3 is 5.32 Å². The van der Waals surface area contributed by atoms with Crippen molar-refractivity contribution in [2.24, 2.45) is 0 Å². The van der Waals surface area contributed by atoms with E-state index in [4.69, 9.17) is 0 Å². The third kappa shape index (κ3) is 2.84. The summed E-state index contributed by atoms with van der Waals surface area (Å²) in [6, 6.07) is 14.9. The van der Waals surface area contributed by atoms with Crippen LogP contribution >= 0.6 is 22.6 Å². The summed E-state index contributed by atoms with van der Waals surface area (Å²) < 4.78 is 14.9. The van der Waals surface area contributed by atoms with Gasteiger partial charge in [-0.05, 0) is 53.4 Å². The van der Waals surface area contributed by atoms with Crippen molar-refractivity contribution in [3.05, 3.63) is 69.0 Å². The van der Waals surface area contributed by atoms with Crippen LogP contribution in [0.4, 0.5) is 4.39 Å². The van der Waals surface area contributed by atoms with Gasteiger partial charge in [0, 0.05) is 9.13 Å². The van der Waals surface area contributed by atoms with E-state index in [2.05, 4.69) is 34.0 Å². The number of nitrogens with one attached hydrogen (secondary N) is 1. The number of hydrogen-bond donors (Lipinski definition) is 1. The monoisotopic (exact) mass is 341 g/mol. The molecule has 1 unspecified atom stereocenters. The Bertz CT molecular complexity index is 513. The zero-order valence-electron chi connectivity index (χ0n) is 9.45. The van der Waals surface area contributed by atoms with Crippen molar-refractivity contribution in [1.29, 1.82) is 0 Å². The Morgan fingerprint density at radius 2 is 1.88 bits per heavy atom. The largest absolute Gasteiger partial charge is 0.309 e. The van der Waals surface area contributed by atoms with E-state index in [0.29, 0.717) is 5.56 Å². The third-order valence-electron chi connectivity index (χ3n) is 2.69. The number of hydrogen-bond acceptors (Lipinski definition) is 1. The van der Waals surface area contributed by atoms with Crippen LogP contribution < -0.4 is 5.32 Å². The normalized spacial score (nSPS) is 12.4. The first-order chi connectivity index (χ1) is 8.22. The van der Waals surface area contributed by atoms with Gasteiger partial charge in [-0.15, -0.1) is 0 Å². The highest BCUT2D eigenvalue weighted by Gasteiger charge is 2.15. The van der Waals surface area contributed by atoms with Crippen LogP contribution in [0.5, 0.6) is 0 Å². The number of benzene rings is 2. The van der Waals surface area contributed by atoms with E-state index < -0.39 is 0 Å². The molecule has 2 aromatic rings. The highest BCUT2D eigenvalue weighted by atomic mass is 127. The molecule has 88 valence electrons. The van der Waals surface area contributed by atoms with Crippen LogP contribution in [0.2, 0.25) is 0 Å². The molecule has 0 fully saturated rings. The van der Waals surface area contributed by atoms with Crippen molar-refractivity contribution in [3.8, 4) is 0 Å². The second kappa shape index (κ2) is 5.60. The van der Waals surface area contributed by atoms with Crippen LogP contribution in [0.1, 0.15) is 17.2 Å². The van der Waals surface area contributed by atoms with Crippen molar-refractivity contribution in [2.75, 3.05) is 7.05 Å². The Morgan fingerprint density at radius 3 is 2.53 bits per heavy atom. The quantitative estimate of drug-likeness (QED) is 0.839. The van der Waals surface area contributed by atoms with Gasteiger partial charge in [0.15, 0.2) is 0 Å². The molecule has 2 rings (SSSR count). The Labute approximate surface area is 114 Å². The highest BCUT2D eigenvalue weighted by Crippen LogP contribution is 2.24. The van der Waals surface area contributed by atoms with Gasteiger partial charge in [0.1, 0.15) is 5.82 Å². The van der Waals surface area contributed by atoms with Crippen molar-refractivity contribution < 1.29 is 4.39 Å². The van der Waals surface area contributed by atoms with E-state index >= 15 is 0 Å². The minimum absolute atomic E-state index is 0.106. The average molecular weight is 341 g/mol.